The summed E-state index contributed by atoms with van der Waals surface area (Å²) >= 11 is 0. The van der Waals surface area contributed by atoms with Crippen LogP contribution in [0.15, 0.2) is 60.2 Å². The highest BCUT2D eigenvalue weighted by Gasteiger charge is 2.24. The van der Waals surface area contributed by atoms with Crippen molar-refractivity contribution in [2.45, 2.75) is 19.8 Å². The maximum absolute atomic E-state index is 12.7. The number of allylic oxidation sites excluding steroid dienone is 1. The first kappa shape index (κ1) is 14.3. The van der Waals surface area contributed by atoms with E-state index in [1.165, 1.54) is 0 Å². The molecule has 3 rings (SSSR count). The van der Waals surface area contributed by atoms with Crippen molar-refractivity contribution in [3.05, 3.63) is 76.9 Å². The topological polar surface area (TPSA) is 46.2 Å². The lowest BCUT2D eigenvalue weighted by Gasteiger charge is -2.21. The SMILES string of the molecule is Cc1ccc(C2=C(C(=O)c3ccccc3)CCC(=O)N2)cc1. The molecule has 3 heteroatoms. The number of hydrogen-bond donors (Lipinski definition) is 1. The Labute approximate surface area is 129 Å². The first-order valence-electron chi connectivity index (χ1n) is 7.35. The summed E-state index contributed by atoms with van der Waals surface area (Å²) in [7, 11) is 0. The number of rotatable bonds is 3. The molecule has 1 aliphatic rings. The van der Waals surface area contributed by atoms with Crippen molar-refractivity contribution in [2.24, 2.45) is 0 Å². The highest BCUT2D eigenvalue weighted by atomic mass is 16.2. The van der Waals surface area contributed by atoms with E-state index in [-0.39, 0.29) is 11.7 Å². The zero-order valence-corrected chi connectivity index (χ0v) is 12.4. The summed E-state index contributed by atoms with van der Waals surface area (Å²) in [6.45, 7) is 2.01. The zero-order valence-electron chi connectivity index (χ0n) is 12.4. The summed E-state index contributed by atoms with van der Waals surface area (Å²) in [4.78, 5) is 24.5. The number of benzene rings is 2. The summed E-state index contributed by atoms with van der Waals surface area (Å²) in [6.07, 6.45) is 0.825. The number of hydrogen-bond acceptors (Lipinski definition) is 2. The van der Waals surface area contributed by atoms with Crippen LogP contribution in [0.3, 0.4) is 0 Å². The Morgan fingerprint density at radius 3 is 2.32 bits per heavy atom. The Kier molecular flexibility index (Phi) is 3.88. The van der Waals surface area contributed by atoms with Crippen molar-refractivity contribution in [1.29, 1.82) is 0 Å². The number of ketones is 1. The Morgan fingerprint density at radius 2 is 1.64 bits per heavy atom. The molecule has 110 valence electrons. The fraction of sp³-hybridized carbons (Fsp3) is 0.158. The van der Waals surface area contributed by atoms with E-state index < -0.39 is 0 Å². The average molecular weight is 291 g/mol. The molecule has 0 unspecified atom stereocenters. The molecule has 0 spiro atoms. The van der Waals surface area contributed by atoms with Gasteiger partial charge in [-0.15, -0.1) is 0 Å². The highest BCUT2D eigenvalue weighted by Crippen LogP contribution is 2.27. The molecular weight excluding hydrogens is 274 g/mol. The van der Waals surface area contributed by atoms with E-state index in [9.17, 15) is 9.59 Å². The van der Waals surface area contributed by atoms with E-state index in [1.807, 2.05) is 49.4 Å². The Bertz CT molecular complexity index is 743. The Balaban J connectivity index is 2.07. The van der Waals surface area contributed by atoms with Crippen LogP contribution in [0.2, 0.25) is 0 Å². The van der Waals surface area contributed by atoms with Gasteiger partial charge in [0, 0.05) is 17.6 Å². The molecule has 2 aromatic rings. The van der Waals surface area contributed by atoms with Crippen LogP contribution in [-0.4, -0.2) is 11.7 Å². The number of Topliss-reactive ketones (excluding diaryl/α,β-unsaturated/α-hetero) is 1. The summed E-state index contributed by atoms with van der Waals surface area (Å²) in [6, 6.07) is 17.0. The van der Waals surface area contributed by atoms with Crippen molar-refractivity contribution in [3.63, 3.8) is 0 Å². The van der Waals surface area contributed by atoms with E-state index in [4.69, 9.17) is 0 Å². The molecule has 22 heavy (non-hydrogen) atoms. The van der Waals surface area contributed by atoms with Gasteiger partial charge in [-0.25, -0.2) is 0 Å². The molecule has 1 heterocycles. The van der Waals surface area contributed by atoms with Crippen LogP contribution >= 0.6 is 0 Å². The molecule has 1 amide bonds. The number of amides is 1. The molecule has 1 aliphatic heterocycles. The van der Waals surface area contributed by atoms with Gasteiger partial charge in [0.15, 0.2) is 5.78 Å². The van der Waals surface area contributed by atoms with E-state index in [0.29, 0.717) is 29.7 Å². The monoisotopic (exact) mass is 291 g/mol. The van der Waals surface area contributed by atoms with Crippen LogP contribution in [-0.2, 0) is 4.79 Å². The minimum absolute atomic E-state index is 0.0174. The summed E-state index contributed by atoms with van der Waals surface area (Å²) in [5, 5.41) is 2.87. The standard InChI is InChI=1S/C19H17NO2/c1-13-7-9-14(10-8-13)18-16(11-12-17(21)20-18)19(22)15-5-3-2-4-6-15/h2-10H,11-12H2,1H3,(H,20,21). The molecule has 0 saturated heterocycles. The first-order valence-corrected chi connectivity index (χ1v) is 7.35. The van der Waals surface area contributed by atoms with Gasteiger partial charge in [0.05, 0.1) is 5.70 Å². The fourth-order valence-corrected chi connectivity index (χ4v) is 2.60. The third-order valence-corrected chi connectivity index (χ3v) is 3.82. The van der Waals surface area contributed by atoms with Crippen LogP contribution in [0.1, 0.15) is 34.3 Å². The van der Waals surface area contributed by atoms with E-state index in [1.54, 1.807) is 12.1 Å². The molecule has 0 radical (unpaired) electrons. The zero-order chi connectivity index (χ0) is 15.5. The van der Waals surface area contributed by atoms with Gasteiger partial charge in [0.25, 0.3) is 0 Å². The predicted molar refractivity (Wildman–Crippen MR) is 86.2 cm³/mol. The Hall–Kier alpha value is -2.68. The van der Waals surface area contributed by atoms with Crippen molar-refractivity contribution in [1.82, 2.24) is 5.32 Å². The number of carbonyl (C=O) groups excluding carboxylic acids is 2. The lowest BCUT2D eigenvalue weighted by atomic mass is 9.92. The predicted octanol–water partition coefficient (Wildman–Crippen LogP) is 3.50. The molecule has 3 nitrogen and oxygen atoms in total. The molecule has 0 saturated carbocycles. The molecule has 0 fully saturated rings. The van der Waals surface area contributed by atoms with Gasteiger partial charge in [-0.3, -0.25) is 9.59 Å². The van der Waals surface area contributed by atoms with E-state index >= 15 is 0 Å². The van der Waals surface area contributed by atoms with Gasteiger partial charge in [-0.1, -0.05) is 60.2 Å². The molecule has 0 atom stereocenters. The Morgan fingerprint density at radius 1 is 0.955 bits per heavy atom. The van der Waals surface area contributed by atoms with Crippen LogP contribution in [0, 0.1) is 6.92 Å². The summed E-state index contributed by atoms with van der Waals surface area (Å²) < 4.78 is 0. The number of nitrogens with one attached hydrogen (secondary N) is 1. The van der Waals surface area contributed by atoms with Gasteiger partial charge in [-0.2, -0.15) is 0 Å². The second-order valence-electron chi connectivity index (χ2n) is 5.46. The first-order chi connectivity index (χ1) is 10.6. The maximum atomic E-state index is 12.7. The van der Waals surface area contributed by atoms with Crippen LogP contribution in [0.4, 0.5) is 0 Å². The quantitative estimate of drug-likeness (QED) is 0.880. The van der Waals surface area contributed by atoms with Crippen molar-refractivity contribution >= 4 is 17.4 Å². The minimum Gasteiger partial charge on any atom is -0.325 e. The molecule has 0 aliphatic carbocycles. The second kappa shape index (κ2) is 5.98. The third kappa shape index (κ3) is 2.84. The van der Waals surface area contributed by atoms with E-state index in [2.05, 4.69) is 5.32 Å². The molecular formula is C19H17NO2. The fourth-order valence-electron chi connectivity index (χ4n) is 2.60. The lowest BCUT2D eigenvalue weighted by Crippen LogP contribution is -2.29. The normalized spacial score (nSPS) is 14.7. The van der Waals surface area contributed by atoms with Crippen LogP contribution < -0.4 is 5.32 Å². The van der Waals surface area contributed by atoms with Crippen molar-refractivity contribution in [2.75, 3.05) is 0 Å². The van der Waals surface area contributed by atoms with Crippen molar-refractivity contribution in [3.8, 4) is 0 Å². The minimum atomic E-state index is -0.0415. The number of aryl methyl sites for hydroxylation is 1. The smallest absolute Gasteiger partial charge is 0.224 e. The van der Waals surface area contributed by atoms with Gasteiger partial charge in [0.2, 0.25) is 5.91 Å². The summed E-state index contributed by atoms with van der Waals surface area (Å²) in [5.74, 6) is -0.0589. The van der Waals surface area contributed by atoms with Crippen molar-refractivity contribution < 1.29 is 9.59 Å². The highest BCUT2D eigenvalue weighted by molar-refractivity contribution is 6.15. The molecule has 1 N–H and O–H groups in total. The van der Waals surface area contributed by atoms with Crippen LogP contribution in [0.5, 0.6) is 0 Å². The molecule has 0 bridgehead atoms. The van der Waals surface area contributed by atoms with Gasteiger partial charge in [0.1, 0.15) is 0 Å². The lowest BCUT2D eigenvalue weighted by molar-refractivity contribution is -0.120. The van der Waals surface area contributed by atoms with Gasteiger partial charge < -0.3 is 5.32 Å². The average Bonchev–Trinajstić information content (AvgIpc) is 2.56. The van der Waals surface area contributed by atoms with E-state index in [0.717, 1.165) is 11.1 Å². The van der Waals surface area contributed by atoms with Gasteiger partial charge >= 0.3 is 0 Å². The maximum Gasteiger partial charge on any atom is 0.224 e. The third-order valence-electron chi connectivity index (χ3n) is 3.82. The molecule has 0 aromatic heterocycles. The second-order valence-corrected chi connectivity index (χ2v) is 5.46. The van der Waals surface area contributed by atoms with Crippen LogP contribution in [0.25, 0.3) is 5.70 Å². The largest absolute Gasteiger partial charge is 0.325 e. The van der Waals surface area contributed by atoms with Gasteiger partial charge in [-0.05, 0) is 18.9 Å². The number of carbonyl (C=O) groups is 2. The summed E-state index contributed by atoms with van der Waals surface area (Å²) in [5.41, 5.74) is 3.98. The molecule has 2 aromatic carbocycles.